The number of nitrogen functional groups attached to an aromatic ring is 1. The van der Waals surface area contributed by atoms with E-state index in [0.717, 1.165) is 37.5 Å². The molecule has 5 heterocycles. The molecule has 274 valence electrons. The average Bonchev–Trinajstić information content (AvgIpc) is 3.38. The molecule has 1 aliphatic carbocycles. The maximum Gasteiger partial charge on any atom is 0.417 e. The zero-order chi connectivity index (χ0) is 36.7. The van der Waals surface area contributed by atoms with Crippen molar-refractivity contribution in [3.63, 3.8) is 0 Å². The van der Waals surface area contributed by atoms with Crippen molar-refractivity contribution in [3.05, 3.63) is 41.0 Å². The van der Waals surface area contributed by atoms with Crippen LogP contribution in [0.15, 0.2) is 18.2 Å². The van der Waals surface area contributed by atoms with E-state index < -0.39 is 46.2 Å². The molecule has 0 spiro atoms. The summed E-state index contributed by atoms with van der Waals surface area (Å²) in [5, 5.41) is 9.28. The van der Waals surface area contributed by atoms with Gasteiger partial charge in [-0.2, -0.15) is 28.4 Å². The number of halogens is 6. The first kappa shape index (κ1) is 34.7. The Morgan fingerprint density at radius 2 is 1.98 bits per heavy atom. The van der Waals surface area contributed by atoms with Crippen molar-refractivity contribution >= 4 is 49.1 Å². The number of likely N-dealkylation sites (tertiary alicyclic amines) is 1. The number of alkyl halides is 4. The van der Waals surface area contributed by atoms with Crippen LogP contribution in [0, 0.1) is 28.9 Å². The first-order valence-corrected chi connectivity index (χ1v) is 18.2. The van der Waals surface area contributed by atoms with Crippen LogP contribution in [0.4, 0.5) is 37.2 Å². The molecule has 4 fully saturated rings. The summed E-state index contributed by atoms with van der Waals surface area (Å²) in [6.07, 6.45) is -2.25. The quantitative estimate of drug-likeness (QED) is 0.191. The van der Waals surface area contributed by atoms with Crippen molar-refractivity contribution in [3.8, 4) is 23.2 Å². The van der Waals surface area contributed by atoms with E-state index in [9.17, 15) is 18.8 Å². The summed E-state index contributed by atoms with van der Waals surface area (Å²) in [6.45, 7) is 3.77. The number of nitriles is 1. The Morgan fingerprint density at radius 3 is 2.69 bits per heavy atom. The summed E-state index contributed by atoms with van der Waals surface area (Å²) < 4.78 is 98.0. The third-order valence-corrected chi connectivity index (χ3v) is 12.1. The van der Waals surface area contributed by atoms with Gasteiger partial charge in [-0.1, -0.05) is 6.07 Å². The fourth-order valence-corrected chi connectivity index (χ4v) is 9.43. The molecule has 4 aliphatic rings. The van der Waals surface area contributed by atoms with Gasteiger partial charge in [0, 0.05) is 60.9 Å². The minimum Gasteiger partial charge on any atom is -0.461 e. The molecule has 1 saturated carbocycles. The fraction of sp³-hybridized carbons (Fsp3) is 0.500. The highest BCUT2D eigenvalue weighted by Gasteiger charge is 2.49. The molecule has 3 atom stereocenters. The lowest BCUT2D eigenvalue weighted by atomic mass is 9.92. The van der Waals surface area contributed by atoms with E-state index in [-0.39, 0.29) is 87.4 Å². The van der Waals surface area contributed by atoms with E-state index in [1.54, 1.807) is 16.7 Å². The summed E-state index contributed by atoms with van der Waals surface area (Å²) in [6, 6.07) is 3.91. The van der Waals surface area contributed by atoms with Crippen LogP contribution in [0.2, 0.25) is 0 Å². The second kappa shape index (κ2) is 12.6. The van der Waals surface area contributed by atoms with Gasteiger partial charge in [-0.05, 0) is 63.3 Å². The number of nitrogens with two attached hydrogens (primary N) is 1. The molecule has 0 bridgehead atoms. The monoisotopic (exact) mass is 743 g/mol. The number of fused-ring (bicyclic) bond motifs is 3. The highest BCUT2D eigenvalue weighted by molar-refractivity contribution is 7.23. The number of nitrogens with zero attached hydrogens (tertiary/aromatic N) is 6. The number of likely N-dealkylation sites (N-methyl/N-ethyl adjacent to an activating group) is 1. The number of carbonyl (C=O) groups is 1. The van der Waals surface area contributed by atoms with Gasteiger partial charge < -0.3 is 20.3 Å². The largest absolute Gasteiger partial charge is 0.461 e. The smallest absolute Gasteiger partial charge is 0.417 e. The summed E-state index contributed by atoms with van der Waals surface area (Å²) >= 11 is 0.687. The van der Waals surface area contributed by atoms with E-state index in [1.165, 1.54) is 0 Å². The van der Waals surface area contributed by atoms with Crippen molar-refractivity contribution in [2.24, 2.45) is 5.92 Å². The van der Waals surface area contributed by atoms with Gasteiger partial charge >= 0.3 is 12.2 Å². The second-order valence-electron chi connectivity index (χ2n) is 14.2. The van der Waals surface area contributed by atoms with Crippen LogP contribution < -0.4 is 15.4 Å². The summed E-state index contributed by atoms with van der Waals surface area (Å²) in [4.78, 5) is 27.4. The fourth-order valence-electron chi connectivity index (χ4n) is 8.48. The van der Waals surface area contributed by atoms with E-state index in [2.05, 4.69) is 9.97 Å². The lowest BCUT2D eigenvalue weighted by Gasteiger charge is -2.32. The normalized spacial score (nSPS) is 23.5. The molecule has 3 unspecified atom stereocenters. The Labute approximate surface area is 298 Å². The molecule has 2 aromatic heterocycles. The third-order valence-electron chi connectivity index (χ3n) is 11.1. The number of hydrogen-bond donors (Lipinski definition) is 1. The van der Waals surface area contributed by atoms with Crippen molar-refractivity contribution in [2.45, 2.75) is 69.4 Å². The van der Waals surface area contributed by atoms with Crippen LogP contribution in [0.5, 0.6) is 6.01 Å². The molecule has 2 N–H and O–H groups in total. The summed E-state index contributed by atoms with van der Waals surface area (Å²) in [7, 11) is 0. The first-order chi connectivity index (χ1) is 24.8. The van der Waals surface area contributed by atoms with Crippen LogP contribution in [-0.4, -0.2) is 82.8 Å². The molecule has 2 aromatic carbocycles. The van der Waals surface area contributed by atoms with Gasteiger partial charge in [-0.3, -0.25) is 9.69 Å². The number of amides is 1. The molecule has 9 nitrogen and oxygen atoms in total. The van der Waals surface area contributed by atoms with Gasteiger partial charge in [0.15, 0.2) is 5.82 Å². The lowest BCUT2D eigenvalue weighted by molar-refractivity contribution is -0.137. The number of carbonyl (C=O) groups excluding carboxylic acids is 1. The minimum atomic E-state index is -5.11. The maximum atomic E-state index is 17.2. The lowest BCUT2D eigenvalue weighted by Crippen LogP contribution is -2.43. The molecular weight excluding hydrogens is 708 g/mol. The van der Waals surface area contributed by atoms with Crippen LogP contribution >= 0.6 is 11.3 Å². The number of hydrogen-bond acceptors (Lipinski definition) is 9. The van der Waals surface area contributed by atoms with Gasteiger partial charge in [0.1, 0.15) is 41.0 Å². The number of rotatable bonds is 8. The molecular formula is C36H35F6N7O2S. The molecule has 16 heteroatoms. The Hall–Kier alpha value is -4.36. The number of ether oxygens (including phenoxy) is 1. The Balaban J connectivity index is 1.32. The highest BCUT2D eigenvalue weighted by Crippen LogP contribution is 2.48. The first-order valence-electron chi connectivity index (χ1n) is 17.4. The van der Waals surface area contributed by atoms with Gasteiger partial charge in [-0.15, -0.1) is 11.3 Å². The maximum absolute atomic E-state index is 17.2. The van der Waals surface area contributed by atoms with Crippen LogP contribution in [0.1, 0.15) is 56.6 Å². The summed E-state index contributed by atoms with van der Waals surface area (Å²) in [5.41, 5.74) is 1.97. The Kier molecular flexibility index (Phi) is 8.44. The molecule has 3 saturated heterocycles. The van der Waals surface area contributed by atoms with Crippen molar-refractivity contribution in [1.29, 1.82) is 5.26 Å². The standard InChI is InChI=1S/C36H35F6N7O2S/c1-2-49(20-8-11-47(16-20)33(50)18-4-5-18)32-22-12-24(36(40,41)42)27(21-6-7-25(38)30-26(21)23(14-43)31(44)52-30)28(39)29(22)45-34(46-32)51-17-35-9-3-10-48(35)15-19(37)13-35/h6-7,12,18-20H,2-5,8-11,13,15-17,44H2,1H3. The zero-order valence-corrected chi connectivity index (χ0v) is 29.0. The van der Waals surface area contributed by atoms with E-state index in [1.807, 2.05) is 11.0 Å². The van der Waals surface area contributed by atoms with Crippen molar-refractivity contribution in [2.75, 3.05) is 50.0 Å². The molecule has 0 radical (unpaired) electrons. The third kappa shape index (κ3) is 5.67. The van der Waals surface area contributed by atoms with Crippen LogP contribution in [0.25, 0.3) is 32.1 Å². The van der Waals surface area contributed by atoms with E-state index >= 15 is 17.6 Å². The van der Waals surface area contributed by atoms with Crippen molar-refractivity contribution < 1.29 is 35.9 Å². The zero-order valence-electron chi connectivity index (χ0n) is 28.2. The predicted molar refractivity (Wildman–Crippen MR) is 184 cm³/mol. The van der Waals surface area contributed by atoms with E-state index in [4.69, 9.17) is 10.5 Å². The molecule has 52 heavy (non-hydrogen) atoms. The number of anilines is 2. The molecule has 1 amide bonds. The predicted octanol–water partition coefficient (Wildman–Crippen LogP) is 7.05. The second-order valence-corrected chi connectivity index (χ2v) is 15.3. The summed E-state index contributed by atoms with van der Waals surface area (Å²) in [5.74, 6) is -2.15. The highest BCUT2D eigenvalue weighted by atomic mass is 32.1. The topological polar surface area (TPSA) is 112 Å². The molecule has 3 aliphatic heterocycles. The Bertz CT molecular complexity index is 2150. The van der Waals surface area contributed by atoms with Crippen LogP contribution in [-0.2, 0) is 11.0 Å². The van der Waals surface area contributed by atoms with Crippen molar-refractivity contribution in [1.82, 2.24) is 19.8 Å². The molecule has 4 aromatic rings. The van der Waals surface area contributed by atoms with Gasteiger partial charge in [0.2, 0.25) is 5.91 Å². The Morgan fingerprint density at radius 1 is 1.19 bits per heavy atom. The number of thiophene rings is 1. The number of benzene rings is 2. The SMILES string of the molecule is CCN(c1nc(OCC23CCCN2CC(F)C3)nc2c(F)c(-c3ccc(F)c4sc(N)c(C#N)c34)c(C(F)(F)F)cc12)C1CCN(C(=O)C2CC2)C1. The molecule has 8 rings (SSSR count). The van der Waals surface area contributed by atoms with Gasteiger partial charge in [0.05, 0.1) is 21.4 Å². The van der Waals surface area contributed by atoms with Gasteiger partial charge in [0.25, 0.3) is 0 Å². The van der Waals surface area contributed by atoms with E-state index in [0.29, 0.717) is 43.8 Å². The van der Waals surface area contributed by atoms with Crippen LogP contribution in [0.3, 0.4) is 0 Å². The minimum absolute atomic E-state index is 0.00137. The number of aromatic nitrogens is 2. The average molecular weight is 744 g/mol. The van der Waals surface area contributed by atoms with Gasteiger partial charge in [-0.25, -0.2) is 13.2 Å².